The van der Waals surface area contributed by atoms with E-state index in [0.717, 1.165) is 22.4 Å². The van der Waals surface area contributed by atoms with Gasteiger partial charge in [-0.25, -0.2) is 0 Å². The van der Waals surface area contributed by atoms with Gasteiger partial charge in [0.15, 0.2) is 0 Å². The van der Waals surface area contributed by atoms with Crippen molar-refractivity contribution in [2.24, 2.45) is 0 Å². The standard InChI is InChI=1S/C17H18O4Si/c1-7-19-22(20-8-2,21-9-3)11-10-16-15(5)12-14(4)13-17(16)18-6/h1-3,12-13H,10-11H2,4-6H3. The lowest BCUT2D eigenvalue weighted by atomic mass is 10.0. The minimum absolute atomic E-state index is 0.339. The van der Waals surface area contributed by atoms with Crippen LogP contribution in [0.2, 0.25) is 6.04 Å². The van der Waals surface area contributed by atoms with Crippen LogP contribution in [0.4, 0.5) is 0 Å². The predicted molar refractivity (Wildman–Crippen MR) is 86.5 cm³/mol. The molecule has 0 N–H and O–H groups in total. The van der Waals surface area contributed by atoms with Gasteiger partial charge in [-0.3, -0.25) is 0 Å². The molecule has 1 aromatic carbocycles. The zero-order valence-electron chi connectivity index (χ0n) is 12.9. The summed E-state index contributed by atoms with van der Waals surface area (Å²) in [5, 5.41) is 0. The Kier molecular flexibility index (Phi) is 6.26. The van der Waals surface area contributed by atoms with E-state index in [9.17, 15) is 0 Å². The van der Waals surface area contributed by atoms with E-state index in [1.54, 1.807) is 7.11 Å². The summed E-state index contributed by atoms with van der Waals surface area (Å²) in [5.74, 6) is 0.780. The molecule has 0 aromatic heterocycles. The average Bonchev–Trinajstić information content (AvgIpc) is 2.46. The Hall–Kier alpha value is -2.68. The highest BCUT2D eigenvalue weighted by Gasteiger charge is 2.48. The summed E-state index contributed by atoms with van der Waals surface area (Å²) in [6.07, 6.45) is 22.3. The summed E-state index contributed by atoms with van der Waals surface area (Å²) in [5.41, 5.74) is 3.20. The molecule has 0 aliphatic rings. The van der Waals surface area contributed by atoms with Crippen molar-refractivity contribution >= 4 is 8.80 Å². The first-order valence-electron chi connectivity index (χ1n) is 6.56. The number of methoxy groups -OCH3 is 1. The summed E-state index contributed by atoms with van der Waals surface area (Å²) < 4.78 is 20.9. The van der Waals surface area contributed by atoms with Gasteiger partial charge < -0.3 is 18.0 Å². The van der Waals surface area contributed by atoms with Gasteiger partial charge in [-0.15, -0.1) is 0 Å². The molecule has 0 amide bonds. The van der Waals surface area contributed by atoms with Gasteiger partial charge in [0.2, 0.25) is 0 Å². The van der Waals surface area contributed by atoms with Gasteiger partial charge in [-0.1, -0.05) is 25.3 Å². The zero-order chi connectivity index (χ0) is 16.6. The van der Waals surface area contributed by atoms with E-state index in [0.29, 0.717) is 12.5 Å². The van der Waals surface area contributed by atoms with E-state index in [1.807, 2.05) is 19.9 Å². The van der Waals surface area contributed by atoms with Crippen LogP contribution in [0.15, 0.2) is 12.1 Å². The van der Waals surface area contributed by atoms with Crippen LogP contribution >= 0.6 is 0 Å². The summed E-state index contributed by atoms with van der Waals surface area (Å²) in [6, 6.07) is 4.36. The van der Waals surface area contributed by atoms with E-state index >= 15 is 0 Å². The summed E-state index contributed by atoms with van der Waals surface area (Å²) in [6.45, 7) is 4.00. The third-order valence-corrected chi connectivity index (χ3v) is 5.27. The summed E-state index contributed by atoms with van der Waals surface area (Å²) in [4.78, 5) is 0. The van der Waals surface area contributed by atoms with E-state index in [-0.39, 0.29) is 0 Å². The molecular formula is C17H18O4Si. The molecular weight excluding hydrogens is 296 g/mol. The van der Waals surface area contributed by atoms with Gasteiger partial charge in [-0.05, 0) is 43.0 Å². The van der Waals surface area contributed by atoms with Crippen LogP contribution in [-0.2, 0) is 19.7 Å². The van der Waals surface area contributed by atoms with Gasteiger partial charge in [0.05, 0.1) is 31.5 Å². The van der Waals surface area contributed by atoms with Crippen molar-refractivity contribution in [2.45, 2.75) is 26.3 Å². The average molecular weight is 314 g/mol. The Labute approximate surface area is 133 Å². The second kappa shape index (κ2) is 7.93. The van der Waals surface area contributed by atoms with Crippen molar-refractivity contribution in [2.75, 3.05) is 7.11 Å². The second-order valence-electron chi connectivity index (χ2n) is 4.61. The molecule has 0 unspecified atom stereocenters. The maximum Gasteiger partial charge on any atom is 0.725 e. The Balaban J connectivity index is 3.06. The monoisotopic (exact) mass is 314 g/mol. The first-order valence-corrected chi connectivity index (χ1v) is 8.50. The van der Waals surface area contributed by atoms with Crippen molar-refractivity contribution in [1.82, 2.24) is 0 Å². The third kappa shape index (κ3) is 4.15. The molecule has 1 rings (SSSR count). The molecule has 0 saturated carbocycles. The number of ether oxygens (including phenoxy) is 1. The molecule has 5 heteroatoms. The highest BCUT2D eigenvalue weighted by Crippen LogP contribution is 2.28. The largest absolute Gasteiger partial charge is 0.725 e. The van der Waals surface area contributed by atoms with E-state index < -0.39 is 8.80 Å². The van der Waals surface area contributed by atoms with Crippen molar-refractivity contribution in [3.63, 3.8) is 0 Å². The molecule has 0 bridgehead atoms. The lowest BCUT2D eigenvalue weighted by Gasteiger charge is -2.22. The lowest BCUT2D eigenvalue weighted by Crippen LogP contribution is -2.42. The summed E-state index contributed by atoms with van der Waals surface area (Å²) in [7, 11) is -1.69. The highest BCUT2D eigenvalue weighted by atomic mass is 28.4. The molecule has 0 aliphatic carbocycles. The molecule has 22 heavy (non-hydrogen) atoms. The minimum atomic E-state index is -3.31. The normalized spacial score (nSPS) is 9.82. The van der Waals surface area contributed by atoms with Crippen LogP contribution in [0.3, 0.4) is 0 Å². The van der Waals surface area contributed by atoms with Crippen LogP contribution in [0.5, 0.6) is 5.75 Å². The Morgan fingerprint density at radius 2 is 1.55 bits per heavy atom. The molecule has 0 fully saturated rings. The number of hydrogen-bond acceptors (Lipinski definition) is 4. The third-order valence-electron chi connectivity index (χ3n) is 3.12. The van der Waals surface area contributed by atoms with Gasteiger partial charge in [0.25, 0.3) is 0 Å². The van der Waals surface area contributed by atoms with E-state index in [4.69, 9.17) is 37.3 Å². The molecule has 0 heterocycles. The quantitative estimate of drug-likeness (QED) is 0.573. The van der Waals surface area contributed by atoms with Gasteiger partial charge in [-0.2, -0.15) is 0 Å². The Morgan fingerprint density at radius 1 is 1.00 bits per heavy atom. The highest BCUT2D eigenvalue weighted by molar-refractivity contribution is 6.61. The SMILES string of the molecule is C#CO[Si](CCc1c(C)cc(C)cc1OC)(OC#C)OC#C. The molecule has 0 atom stereocenters. The van der Waals surface area contributed by atoms with E-state index in [1.165, 1.54) is 0 Å². The topological polar surface area (TPSA) is 36.9 Å². The fraction of sp³-hybridized carbons (Fsp3) is 0.294. The molecule has 0 aliphatic heterocycles. The minimum Gasteiger partial charge on any atom is -0.496 e. The Bertz CT molecular complexity index is 606. The molecule has 0 spiro atoms. The van der Waals surface area contributed by atoms with Crippen molar-refractivity contribution in [1.29, 1.82) is 0 Å². The molecule has 0 saturated heterocycles. The molecule has 114 valence electrons. The fourth-order valence-electron chi connectivity index (χ4n) is 2.22. The van der Waals surface area contributed by atoms with Crippen LogP contribution in [-0.4, -0.2) is 15.9 Å². The predicted octanol–water partition coefficient (Wildman–Crippen LogP) is 2.62. The van der Waals surface area contributed by atoms with Crippen LogP contribution < -0.4 is 4.74 Å². The van der Waals surface area contributed by atoms with Crippen molar-refractivity contribution < 1.29 is 18.0 Å². The number of rotatable bonds is 7. The fourth-order valence-corrected chi connectivity index (χ4v) is 3.75. The van der Waals surface area contributed by atoms with Crippen LogP contribution in [0, 0.1) is 51.4 Å². The van der Waals surface area contributed by atoms with Crippen LogP contribution in [0.1, 0.15) is 16.7 Å². The number of hydrogen-bond donors (Lipinski definition) is 0. The second-order valence-corrected chi connectivity index (χ2v) is 7.08. The molecule has 0 radical (unpaired) electrons. The maximum absolute atomic E-state index is 5.42. The summed E-state index contributed by atoms with van der Waals surface area (Å²) >= 11 is 0. The van der Waals surface area contributed by atoms with E-state index in [2.05, 4.69) is 24.4 Å². The first kappa shape index (κ1) is 17.4. The molecule has 4 nitrogen and oxygen atoms in total. The zero-order valence-corrected chi connectivity index (χ0v) is 13.9. The molecule has 1 aromatic rings. The van der Waals surface area contributed by atoms with Gasteiger partial charge >= 0.3 is 8.80 Å². The number of terminal acetylenes is 3. The van der Waals surface area contributed by atoms with Gasteiger partial charge in [0.1, 0.15) is 5.75 Å². The first-order chi connectivity index (χ1) is 10.5. The smallest absolute Gasteiger partial charge is 0.496 e. The van der Waals surface area contributed by atoms with Crippen molar-refractivity contribution in [3.8, 4) is 43.3 Å². The number of benzene rings is 1. The maximum atomic E-state index is 5.42. The Morgan fingerprint density at radius 3 is 2.00 bits per heavy atom. The van der Waals surface area contributed by atoms with Gasteiger partial charge in [0, 0.05) is 0 Å². The number of aryl methyl sites for hydroxylation is 2. The van der Waals surface area contributed by atoms with Crippen LogP contribution in [0.25, 0.3) is 0 Å². The van der Waals surface area contributed by atoms with Crippen molar-refractivity contribution in [3.05, 3.63) is 28.8 Å². The lowest BCUT2D eigenvalue weighted by molar-refractivity contribution is 0.212.